The van der Waals surface area contributed by atoms with Gasteiger partial charge in [-0.05, 0) is 61.7 Å². The summed E-state index contributed by atoms with van der Waals surface area (Å²) in [4.78, 5) is 16.9. The highest BCUT2D eigenvalue weighted by molar-refractivity contribution is 6.30. The molecule has 0 aliphatic rings. The maximum Gasteiger partial charge on any atom is 0.249 e. The number of allylic oxidation sites excluding steroid dienone is 1. The average Bonchev–Trinajstić information content (AvgIpc) is 3.18. The lowest BCUT2D eigenvalue weighted by Gasteiger charge is -2.12. The number of anilines is 1. The van der Waals surface area contributed by atoms with Crippen molar-refractivity contribution in [2.24, 2.45) is 0 Å². The third-order valence-corrected chi connectivity index (χ3v) is 5.41. The van der Waals surface area contributed by atoms with Crippen LogP contribution >= 0.6 is 11.6 Å². The largest absolute Gasteiger partial charge is 0.493 e. The number of pyridine rings is 1. The van der Waals surface area contributed by atoms with Crippen molar-refractivity contribution in [3.05, 3.63) is 83.2 Å². The van der Waals surface area contributed by atoms with E-state index in [9.17, 15) is 4.79 Å². The topological polar surface area (TPSA) is 64.4 Å². The van der Waals surface area contributed by atoms with Crippen LogP contribution in [-0.4, -0.2) is 17.5 Å². The molecule has 4 rings (SSSR count). The van der Waals surface area contributed by atoms with E-state index in [1.165, 1.54) is 0 Å². The maximum absolute atomic E-state index is 12.7. The van der Waals surface area contributed by atoms with Gasteiger partial charge in [0.1, 0.15) is 17.2 Å². The van der Waals surface area contributed by atoms with E-state index in [0.29, 0.717) is 28.8 Å². The van der Waals surface area contributed by atoms with E-state index >= 15 is 0 Å². The van der Waals surface area contributed by atoms with Crippen LogP contribution in [0.5, 0.6) is 5.75 Å². The number of fused-ring (bicyclic) bond motifs is 1. The predicted molar refractivity (Wildman–Crippen MR) is 129 cm³/mol. The molecule has 2 aromatic carbocycles. The van der Waals surface area contributed by atoms with Crippen molar-refractivity contribution in [1.82, 2.24) is 4.98 Å². The second-order valence-electron chi connectivity index (χ2n) is 7.42. The summed E-state index contributed by atoms with van der Waals surface area (Å²) in [6, 6.07) is 15.2. The van der Waals surface area contributed by atoms with Gasteiger partial charge >= 0.3 is 0 Å². The Hall–Kier alpha value is -3.57. The first-order valence-electron chi connectivity index (χ1n) is 10.3. The number of aromatic nitrogens is 1. The van der Waals surface area contributed by atoms with Crippen LogP contribution < -0.4 is 10.1 Å². The summed E-state index contributed by atoms with van der Waals surface area (Å²) >= 11 is 6.04. The number of amides is 1. The monoisotopic (exact) mass is 446 g/mol. The quantitative estimate of drug-likeness (QED) is 0.327. The van der Waals surface area contributed by atoms with Crippen molar-refractivity contribution in [2.75, 3.05) is 11.9 Å². The Balaban J connectivity index is 1.73. The molecule has 162 valence electrons. The number of benzene rings is 2. The van der Waals surface area contributed by atoms with Gasteiger partial charge in [-0.15, -0.1) is 0 Å². The lowest BCUT2D eigenvalue weighted by atomic mass is 9.99. The summed E-state index contributed by atoms with van der Waals surface area (Å²) in [7, 11) is 0. The van der Waals surface area contributed by atoms with Crippen LogP contribution in [0.4, 0.5) is 5.82 Å². The van der Waals surface area contributed by atoms with Gasteiger partial charge in [-0.25, -0.2) is 4.98 Å². The number of halogens is 1. The lowest BCUT2D eigenvalue weighted by Crippen LogP contribution is -2.11. The van der Waals surface area contributed by atoms with Crippen molar-refractivity contribution in [3.63, 3.8) is 0 Å². The number of hydrogen-bond acceptors (Lipinski definition) is 4. The molecule has 0 radical (unpaired) electrons. The zero-order chi connectivity index (χ0) is 22.7. The Labute approximate surface area is 191 Å². The van der Waals surface area contributed by atoms with Gasteiger partial charge in [0.25, 0.3) is 0 Å². The molecule has 2 aromatic heterocycles. The average molecular weight is 447 g/mol. The van der Waals surface area contributed by atoms with E-state index in [1.54, 1.807) is 18.5 Å². The van der Waals surface area contributed by atoms with E-state index in [0.717, 1.165) is 33.2 Å². The van der Waals surface area contributed by atoms with Gasteiger partial charge in [0.05, 0.1) is 12.9 Å². The molecular weight excluding hydrogens is 424 g/mol. The SMILES string of the molecule is CCOc1cc2occ(-c3ccc(Cl)cc3)c2cc1/C(C)=C/C(=O)Nc1ncccc1C. The molecule has 4 aromatic rings. The number of ether oxygens (including phenoxy) is 1. The molecule has 0 saturated heterocycles. The van der Waals surface area contributed by atoms with Crippen molar-refractivity contribution in [3.8, 4) is 16.9 Å². The normalized spacial score (nSPS) is 11.6. The van der Waals surface area contributed by atoms with Crippen molar-refractivity contribution in [1.29, 1.82) is 0 Å². The fourth-order valence-corrected chi connectivity index (χ4v) is 3.66. The van der Waals surface area contributed by atoms with Crippen LogP contribution in [0, 0.1) is 6.92 Å². The summed E-state index contributed by atoms with van der Waals surface area (Å²) in [5, 5.41) is 4.44. The van der Waals surface area contributed by atoms with Gasteiger partial charge in [-0.3, -0.25) is 4.79 Å². The van der Waals surface area contributed by atoms with Crippen molar-refractivity contribution in [2.45, 2.75) is 20.8 Å². The molecule has 2 heterocycles. The molecule has 0 bridgehead atoms. The predicted octanol–water partition coefficient (Wildman–Crippen LogP) is 6.90. The second-order valence-corrected chi connectivity index (χ2v) is 7.86. The highest BCUT2D eigenvalue weighted by Gasteiger charge is 2.15. The third kappa shape index (κ3) is 4.53. The number of aryl methyl sites for hydroxylation is 1. The molecule has 1 N–H and O–H groups in total. The minimum atomic E-state index is -0.253. The van der Waals surface area contributed by atoms with Gasteiger partial charge in [0.2, 0.25) is 5.91 Å². The first kappa shape index (κ1) is 21.7. The molecule has 0 spiro atoms. The van der Waals surface area contributed by atoms with E-state index in [1.807, 2.05) is 69.3 Å². The van der Waals surface area contributed by atoms with Crippen molar-refractivity contribution < 1.29 is 13.9 Å². The van der Waals surface area contributed by atoms with Gasteiger partial charge in [-0.1, -0.05) is 29.8 Å². The maximum atomic E-state index is 12.7. The number of carbonyl (C=O) groups excluding carboxylic acids is 1. The van der Waals surface area contributed by atoms with Crippen LogP contribution in [0.15, 0.2) is 71.5 Å². The van der Waals surface area contributed by atoms with Gasteiger partial charge in [0.15, 0.2) is 0 Å². The van der Waals surface area contributed by atoms with Crippen LogP contribution in [-0.2, 0) is 4.79 Å². The number of furan rings is 1. The highest BCUT2D eigenvalue weighted by Crippen LogP contribution is 2.37. The minimum absolute atomic E-state index is 0.253. The Morgan fingerprint density at radius 3 is 2.72 bits per heavy atom. The Kier molecular flexibility index (Phi) is 6.28. The van der Waals surface area contributed by atoms with Crippen molar-refractivity contribution >= 4 is 39.9 Å². The molecule has 0 saturated carbocycles. The fourth-order valence-electron chi connectivity index (χ4n) is 3.53. The molecule has 0 fully saturated rings. The van der Waals surface area contributed by atoms with E-state index in [-0.39, 0.29) is 5.91 Å². The van der Waals surface area contributed by atoms with Crippen LogP contribution in [0.25, 0.3) is 27.7 Å². The standard InChI is InChI=1S/C26H23ClN2O3/c1-4-31-23-14-24-21(22(15-32-24)18-7-9-19(27)10-8-18)13-20(23)17(3)12-25(30)29-26-16(2)6-5-11-28-26/h5-15H,4H2,1-3H3,(H,28,29,30)/b17-12+. The molecule has 0 aliphatic heterocycles. The zero-order valence-corrected chi connectivity index (χ0v) is 18.9. The molecule has 1 amide bonds. The van der Waals surface area contributed by atoms with E-state index in [2.05, 4.69) is 10.3 Å². The minimum Gasteiger partial charge on any atom is -0.493 e. The van der Waals surface area contributed by atoms with Gasteiger partial charge < -0.3 is 14.5 Å². The van der Waals surface area contributed by atoms with Gasteiger partial charge in [-0.2, -0.15) is 0 Å². The molecule has 6 heteroatoms. The second kappa shape index (κ2) is 9.28. The first-order chi connectivity index (χ1) is 15.5. The van der Waals surface area contributed by atoms with Crippen LogP contribution in [0.3, 0.4) is 0 Å². The van der Waals surface area contributed by atoms with E-state index < -0.39 is 0 Å². The molecular formula is C26H23ClN2O3. The lowest BCUT2D eigenvalue weighted by molar-refractivity contribution is -0.111. The molecule has 0 atom stereocenters. The Bertz CT molecular complexity index is 1310. The summed E-state index contributed by atoms with van der Waals surface area (Å²) in [5.74, 6) is 0.950. The molecule has 32 heavy (non-hydrogen) atoms. The number of nitrogens with one attached hydrogen (secondary N) is 1. The zero-order valence-electron chi connectivity index (χ0n) is 18.1. The van der Waals surface area contributed by atoms with Gasteiger partial charge in [0, 0.05) is 39.9 Å². The Morgan fingerprint density at radius 2 is 2.00 bits per heavy atom. The molecule has 0 aliphatic carbocycles. The van der Waals surface area contributed by atoms with E-state index in [4.69, 9.17) is 20.8 Å². The number of carbonyl (C=O) groups is 1. The smallest absolute Gasteiger partial charge is 0.249 e. The summed E-state index contributed by atoms with van der Waals surface area (Å²) in [5.41, 5.74) is 5.14. The third-order valence-electron chi connectivity index (χ3n) is 5.15. The summed E-state index contributed by atoms with van der Waals surface area (Å²) in [6.07, 6.45) is 4.93. The molecule has 5 nitrogen and oxygen atoms in total. The fraction of sp³-hybridized carbons (Fsp3) is 0.154. The number of nitrogens with zero attached hydrogens (tertiary/aromatic N) is 1. The number of hydrogen-bond donors (Lipinski definition) is 1. The van der Waals surface area contributed by atoms with Crippen LogP contribution in [0.1, 0.15) is 25.0 Å². The summed E-state index contributed by atoms with van der Waals surface area (Å²) in [6.45, 7) is 6.20. The first-order valence-corrected chi connectivity index (χ1v) is 10.7. The molecule has 0 unspecified atom stereocenters. The number of rotatable bonds is 6. The van der Waals surface area contributed by atoms with Crippen LogP contribution in [0.2, 0.25) is 5.02 Å². The Morgan fingerprint density at radius 1 is 1.22 bits per heavy atom. The highest BCUT2D eigenvalue weighted by atomic mass is 35.5. The summed E-state index contributed by atoms with van der Waals surface area (Å²) < 4.78 is 11.7.